The van der Waals surface area contributed by atoms with Gasteiger partial charge in [0.25, 0.3) is 5.56 Å². The molecule has 4 nitrogen and oxygen atoms in total. The Hall–Kier alpha value is -1.88. The first-order valence-electron chi connectivity index (χ1n) is 7.00. The highest BCUT2D eigenvalue weighted by Crippen LogP contribution is 2.31. The topological polar surface area (TPSA) is 52.0 Å². The number of thioether (sulfide) groups is 1. The number of Topliss-reactive ketones (excluding diaryl/α,β-unsaturated/α-hetero) is 1. The third-order valence-corrected chi connectivity index (χ3v) is 4.94. The van der Waals surface area contributed by atoms with Crippen molar-refractivity contribution in [2.45, 2.75) is 36.2 Å². The fraction of sp³-hybridized carbons (Fsp3) is 0.312. The van der Waals surface area contributed by atoms with Crippen LogP contribution in [0.3, 0.4) is 0 Å². The first-order valence-corrected chi connectivity index (χ1v) is 7.88. The quantitative estimate of drug-likeness (QED) is 0.643. The highest BCUT2D eigenvalue weighted by Gasteiger charge is 2.27. The highest BCUT2D eigenvalue weighted by molar-refractivity contribution is 8.00. The van der Waals surface area contributed by atoms with Gasteiger partial charge in [-0.3, -0.25) is 14.2 Å². The number of allylic oxidation sites excluding steroid dienone is 1. The van der Waals surface area contributed by atoms with Gasteiger partial charge in [-0.05, 0) is 25.0 Å². The lowest BCUT2D eigenvalue weighted by Gasteiger charge is -2.13. The van der Waals surface area contributed by atoms with Crippen LogP contribution in [0.25, 0.3) is 10.9 Å². The predicted molar refractivity (Wildman–Crippen MR) is 84.7 cm³/mol. The van der Waals surface area contributed by atoms with Gasteiger partial charge in [0.15, 0.2) is 5.16 Å². The van der Waals surface area contributed by atoms with Gasteiger partial charge in [-0.2, -0.15) is 0 Å². The number of fused-ring (bicyclic) bond motifs is 1. The number of benzene rings is 1. The molecule has 1 aromatic heterocycles. The Bertz CT molecular complexity index is 766. The molecule has 1 saturated carbocycles. The van der Waals surface area contributed by atoms with Gasteiger partial charge in [0.1, 0.15) is 5.78 Å². The Kier molecular flexibility index (Phi) is 3.92. The molecule has 0 radical (unpaired) electrons. The molecule has 108 valence electrons. The molecular formula is C16H16N2O2S. The van der Waals surface area contributed by atoms with Crippen LogP contribution in [0.4, 0.5) is 0 Å². The van der Waals surface area contributed by atoms with E-state index in [2.05, 4.69) is 11.6 Å². The first kappa shape index (κ1) is 14.1. The fourth-order valence-corrected chi connectivity index (χ4v) is 3.79. The summed E-state index contributed by atoms with van der Waals surface area (Å²) in [6, 6.07) is 7.30. The van der Waals surface area contributed by atoms with Gasteiger partial charge < -0.3 is 0 Å². The monoisotopic (exact) mass is 300 g/mol. The second kappa shape index (κ2) is 5.85. The van der Waals surface area contributed by atoms with Crippen molar-refractivity contribution in [1.82, 2.24) is 9.55 Å². The molecule has 0 saturated heterocycles. The van der Waals surface area contributed by atoms with Crippen LogP contribution in [0.15, 0.2) is 46.9 Å². The number of para-hydroxylation sites is 1. The largest absolute Gasteiger partial charge is 0.298 e. The predicted octanol–water partition coefficient (Wildman–Crippen LogP) is 2.80. The number of carbonyl (C=O) groups excluding carboxylic acids is 1. The summed E-state index contributed by atoms with van der Waals surface area (Å²) in [5.74, 6) is 0.257. The minimum atomic E-state index is -0.0755. The normalized spacial score (nSPS) is 18.3. The average Bonchev–Trinajstić information content (AvgIpc) is 2.88. The maximum Gasteiger partial charge on any atom is 0.262 e. The summed E-state index contributed by atoms with van der Waals surface area (Å²) in [5.41, 5.74) is 0.601. The van der Waals surface area contributed by atoms with Crippen LogP contribution < -0.4 is 5.56 Å². The second-order valence-electron chi connectivity index (χ2n) is 5.08. The third-order valence-electron chi connectivity index (χ3n) is 3.63. The molecule has 3 rings (SSSR count). The van der Waals surface area contributed by atoms with Crippen molar-refractivity contribution in [2.75, 3.05) is 0 Å². The zero-order valence-corrected chi connectivity index (χ0v) is 12.4. The molecule has 21 heavy (non-hydrogen) atoms. The van der Waals surface area contributed by atoms with Gasteiger partial charge in [-0.25, -0.2) is 4.98 Å². The maximum absolute atomic E-state index is 12.6. The molecule has 5 heteroatoms. The molecule has 1 heterocycles. The van der Waals surface area contributed by atoms with E-state index < -0.39 is 0 Å². The third kappa shape index (κ3) is 2.65. The van der Waals surface area contributed by atoms with Crippen molar-refractivity contribution in [3.05, 3.63) is 47.3 Å². The number of ketones is 1. The number of hydrogen-bond acceptors (Lipinski definition) is 4. The van der Waals surface area contributed by atoms with E-state index in [4.69, 9.17) is 0 Å². The molecular weight excluding hydrogens is 284 g/mol. The molecule has 0 amide bonds. The van der Waals surface area contributed by atoms with Gasteiger partial charge in [-0.15, -0.1) is 6.58 Å². The van der Waals surface area contributed by atoms with Gasteiger partial charge >= 0.3 is 0 Å². The van der Waals surface area contributed by atoms with E-state index in [0.29, 0.717) is 29.0 Å². The molecule has 1 aliphatic carbocycles. The molecule has 1 atom stereocenters. The molecule has 2 aromatic rings. The molecule has 0 bridgehead atoms. The van der Waals surface area contributed by atoms with E-state index in [1.54, 1.807) is 16.7 Å². The van der Waals surface area contributed by atoms with E-state index in [1.165, 1.54) is 11.8 Å². The van der Waals surface area contributed by atoms with Crippen molar-refractivity contribution in [3.8, 4) is 0 Å². The number of nitrogens with zero attached hydrogens (tertiary/aromatic N) is 2. The van der Waals surface area contributed by atoms with Crippen LogP contribution in [0.1, 0.15) is 19.3 Å². The van der Waals surface area contributed by atoms with Crippen molar-refractivity contribution in [3.63, 3.8) is 0 Å². The standard InChI is InChI=1S/C16H16N2O2S/c1-2-10-18-15(20)11-6-3-4-7-12(11)17-16(18)21-14-9-5-8-13(14)19/h2-4,6-7,14H,1,5,8-10H2/t14-/m1/s1. The number of hydrogen-bond donors (Lipinski definition) is 0. The summed E-state index contributed by atoms with van der Waals surface area (Å²) in [6.45, 7) is 4.10. The van der Waals surface area contributed by atoms with E-state index in [0.717, 1.165) is 12.8 Å². The van der Waals surface area contributed by atoms with Crippen LogP contribution in [-0.2, 0) is 11.3 Å². The minimum Gasteiger partial charge on any atom is -0.298 e. The lowest BCUT2D eigenvalue weighted by Crippen LogP contribution is -2.24. The Balaban J connectivity index is 2.10. The minimum absolute atomic E-state index is 0.0749. The SMILES string of the molecule is C=CCn1c(S[C@@H]2CCCC2=O)nc2ccccc2c1=O. The van der Waals surface area contributed by atoms with Crippen LogP contribution in [0.5, 0.6) is 0 Å². The fourth-order valence-electron chi connectivity index (χ4n) is 2.56. The van der Waals surface area contributed by atoms with E-state index >= 15 is 0 Å². The smallest absolute Gasteiger partial charge is 0.262 e. The van der Waals surface area contributed by atoms with Crippen molar-refractivity contribution < 1.29 is 4.79 Å². The Labute approximate surface area is 126 Å². The van der Waals surface area contributed by atoms with Gasteiger partial charge in [0.05, 0.1) is 16.2 Å². The summed E-state index contributed by atoms with van der Waals surface area (Å²) in [6.07, 6.45) is 4.10. The molecule has 0 aliphatic heterocycles. The summed E-state index contributed by atoms with van der Waals surface area (Å²) in [7, 11) is 0. The van der Waals surface area contributed by atoms with Crippen molar-refractivity contribution in [1.29, 1.82) is 0 Å². The lowest BCUT2D eigenvalue weighted by atomic mass is 10.2. The first-order chi connectivity index (χ1) is 10.2. The number of aromatic nitrogens is 2. The molecule has 0 unspecified atom stereocenters. The van der Waals surface area contributed by atoms with E-state index in [9.17, 15) is 9.59 Å². The van der Waals surface area contributed by atoms with Crippen molar-refractivity contribution in [2.24, 2.45) is 0 Å². The highest BCUT2D eigenvalue weighted by atomic mass is 32.2. The van der Waals surface area contributed by atoms with Crippen LogP contribution in [0.2, 0.25) is 0 Å². The Morgan fingerprint density at radius 1 is 1.38 bits per heavy atom. The maximum atomic E-state index is 12.6. The second-order valence-corrected chi connectivity index (χ2v) is 6.25. The van der Waals surface area contributed by atoms with Crippen LogP contribution in [-0.4, -0.2) is 20.6 Å². The van der Waals surface area contributed by atoms with Crippen LogP contribution >= 0.6 is 11.8 Å². The number of carbonyl (C=O) groups is 1. The summed E-state index contributed by atoms with van der Waals surface area (Å²) in [4.78, 5) is 29.0. The molecule has 1 aromatic carbocycles. The van der Waals surface area contributed by atoms with Crippen molar-refractivity contribution >= 4 is 28.4 Å². The lowest BCUT2D eigenvalue weighted by molar-refractivity contribution is -0.116. The average molecular weight is 300 g/mol. The van der Waals surface area contributed by atoms with E-state index in [1.807, 2.05) is 18.2 Å². The van der Waals surface area contributed by atoms with Crippen LogP contribution in [0, 0.1) is 0 Å². The molecule has 1 fully saturated rings. The van der Waals surface area contributed by atoms with Gasteiger partial charge in [0.2, 0.25) is 0 Å². The van der Waals surface area contributed by atoms with E-state index in [-0.39, 0.29) is 16.6 Å². The Morgan fingerprint density at radius 2 is 2.19 bits per heavy atom. The summed E-state index contributed by atoms with van der Waals surface area (Å²) in [5, 5.41) is 1.13. The Morgan fingerprint density at radius 3 is 2.90 bits per heavy atom. The molecule has 1 aliphatic rings. The molecule has 0 N–H and O–H groups in total. The van der Waals surface area contributed by atoms with Gasteiger partial charge in [-0.1, -0.05) is 30.0 Å². The molecule has 0 spiro atoms. The van der Waals surface area contributed by atoms with Gasteiger partial charge in [0, 0.05) is 13.0 Å². The zero-order valence-electron chi connectivity index (χ0n) is 11.6. The summed E-state index contributed by atoms with van der Waals surface area (Å²) < 4.78 is 1.60. The zero-order chi connectivity index (χ0) is 14.8. The number of rotatable bonds is 4. The summed E-state index contributed by atoms with van der Waals surface area (Å²) >= 11 is 1.41.